The average molecular weight is 399 g/mol. The molecule has 4 aromatic rings. The highest BCUT2D eigenvalue weighted by atomic mass is 15.3. The highest BCUT2D eigenvalue weighted by molar-refractivity contribution is 5.65. The van der Waals surface area contributed by atoms with Gasteiger partial charge in [0, 0.05) is 61.7 Å². The van der Waals surface area contributed by atoms with Crippen molar-refractivity contribution in [3.05, 3.63) is 71.1 Å². The Morgan fingerprint density at radius 2 is 1.97 bits per heavy atom. The lowest BCUT2D eigenvalue weighted by Gasteiger charge is -2.36. The first-order valence-corrected chi connectivity index (χ1v) is 10.8. The van der Waals surface area contributed by atoms with E-state index in [0.29, 0.717) is 12.1 Å². The van der Waals surface area contributed by atoms with Gasteiger partial charge in [-0.25, -0.2) is 14.5 Å². The Morgan fingerprint density at radius 3 is 2.77 bits per heavy atom. The van der Waals surface area contributed by atoms with Gasteiger partial charge in [-0.3, -0.25) is 4.90 Å². The third-order valence-corrected chi connectivity index (χ3v) is 7.02. The number of fused-ring (bicyclic) bond motifs is 6. The molecule has 5 heterocycles. The standard InChI is InChI=1S/C24H26N6/c1-15-5-4-6-17(9-15)21-11-24-26-13-20-22-8-7-18(10-23(20)30(24)27-21)29(22)14-19-12-25-16(2)28(19)3/h4-6,9,11-13,18,22H,7-8,10,14H2,1-3H3. The number of hydrogen-bond acceptors (Lipinski definition) is 4. The molecular formula is C24H26N6. The van der Waals surface area contributed by atoms with Crippen molar-refractivity contribution in [1.29, 1.82) is 0 Å². The Kier molecular flexibility index (Phi) is 3.87. The number of aryl methyl sites for hydroxylation is 2. The van der Waals surface area contributed by atoms with E-state index < -0.39 is 0 Å². The molecule has 2 bridgehead atoms. The second-order valence-corrected chi connectivity index (χ2v) is 8.81. The summed E-state index contributed by atoms with van der Waals surface area (Å²) in [6.45, 7) is 5.13. The molecule has 2 atom stereocenters. The van der Waals surface area contributed by atoms with Gasteiger partial charge in [-0.05, 0) is 32.8 Å². The van der Waals surface area contributed by atoms with Gasteiger partial charge in [-0.1, -0.05) is 23.8 Å². The molecule has 6 rings (SSSR count). The Morgan fingerprint density at radius 1 is 1.07 bits per heavy atom. The first-order valence-electron chi connectivity index (χ1n) is 10.8. The molecule has 0 N–H and O–H groups in total. The quantitative estimate of drug-likeness (QED) is 0.523. The van der Waals surface area contributed by atoms with Gasteiger partial charge < -0.3 is 4.57 Å². The maximum absolute atomic E-state index is 4.98. The van der Waals surface area contributed by atoms with Crippen molar-refractivity contribution in [3.8, 4) is 11.3 Å². The summed E-state index contributed by atoms with van der Waals surface area (Å²) in [5.41, 5.74) is 8.31. The fourth-order valence-corrected chi connectivity index (χ4v) is 5.26. The highest BCUT2D eigenvalue weighted by Crippen LogP contribution is 2.44. The molecule has 3 aromatic heterocycles. The lowest BCUT2D eigenvalue weighted by Crippen LogP contribution is -2.38. The molecule has 1 fully saturated rings. The minimum Gasteiger partial charge on any atom is -0.334 e. The van der Waals surface area contributed by atoms with Gasteiger partial charge in [0.25, 0.3) is 0 Å². The van der Waals surface area contributed by atoms with Crippen LogP contribution in [0.2, 0.25) is 0 Å². The lowest BCUT2D eigenvalue weighted by atomic mass is 9.99. The Hall–Kier alpha value is -2.99. The summed E-state index contributed by atoms with van der Waals surface area (Å²) in [6.07, 6.45) is 7.56. The molecule has 0 aliphatic carbocycles. The summed E-state index contributed by atoms with van der Waals surface area (Å²) in [6, 6.07) is 11.6. The molecule has 0 saturated carbocycles. The predicted octanol–water partition coefficient (Wildman–Crippen LogP) is 4.01. The Balaban J connectivity index is 1.39. The van der Waals surface area contributed by atoms with Crippen molar-refractivity contribution < 1.29 is 0 Å². The minimum atomic E-state index is 0.414. The zero-order valence-electron chi connectivity index (χ0n) is 17.7. The number of rotatable bonds is 3. The van der Waals surface area contributed by atoms with Crippen LogP contribution in [-0.4, -0.2) is 35.1 Å². The fraction of sp³-hybridized carbons (Fsp3) is 0.375. The van der Waals surface area contributed by atoms with Gasteiger partial charge >= 0.3 is 0 Å². The van der Waals surface area contributed by atoms with Crippen molar-refractivity contribution in [1.82, 2.24) is 29.0 Å². The largest absolute Gasteiger partial charge is 0.334 e. The van der Waals surface area contributed by atoms with Gasteiger partial charge in [-0.2, -0.15) is 5.10 Å². The zero-order valence-corrected chi connectivity index (χ0v) is 17.7. The van der Waals surface area contributed by atoms with Crippen LogP contribution in [0, 0.1) is 13.8 Å². The van der Waals surface area contributed by atoms with E-state index in [2.05, 4.69) is 76.4 Å². The van der Waals surface area contributed by atoms with Crippen LogP contribution in [0.15, 0.2) is 42.7 Å². The van der Waals surface area contributed by atoms with E-state index >= 15 is 0 Å². The van der Waals surface area contributed by atoms with Crippen LogP contribution < -0.4 is 0 Å². The summed E-state index contributed by atoms with van der Waals surface area (Å²) in [5, 5.41) is 4.98. The lowest BCUT2D eigenvalue weighted by molar-refractivity contribution is 0.161. The Labute approximate surface area is 176 Å². The summed E-state index contributed by atoms with van der Waals surface area (Å²) in [5.74, 6) is 1.07. The fourth-order valence-electron chi connectivity index (χ4n) is 5.26. The maximum Gasteiger partial charge on any atom is 0.155 e. The normalized spacial score (nSPS) is 20.8. The van der Waals surface area contributed by atoms with E-state index in [4.69, 9.17) is 10.1 Å². The molecule has 2 unspecified atom stereocenters. The average Bonchev–Trinajstić information content (AvgIpc) is 3.39. The van der Waals surface area contributed by atoms with Crippen LogP contribution in [0.3, 0.4) is 0 Å². The number of benzene rings is 1. The first-order chi connectivity index (χ1) is 14.6. The number of imidazole rings is 1. The first kappa shape index (κ1) is 17.8. The van der Waals surface area contributed by atoms with Gasteiger partial charge in [0.2, 0.25) is 0 Å². The van der Waals surface area contributed by atoms with Crippen molar-refractivity contribution in [2.24, 2.45) is 7.05 Å². The molecule has 6 nitrogen and oxygen atoms in total. The minimum absolute atomic E-state index is 0.414. The zero-order chi connectivity index (χ0) is 20.4. The smallest absolute Gasteiger partial charge is 0.155 e. The molecular weight excluding hydrogens is 372 g/mol. The molecule has 0 spiro atoms. The maximum atomic E-state index is 4.98. The van der Waals surface area contributed by atoms with Gasteiger partial charge in [-0.15, -0.1) is 0 Å². The monoisotopic (exact) mass is 398 g/mol. The summed E-state index contributed by atoms with van der Waals surface area (Å²) in [7, 11) is 2.11. The van der Waals surface area contributed by atoms with Crippen LogP contribution in [0.25, 0.3) is 16.9 Å². The molecule has 2 aliphatic rings. The summed E-state index contributed by atoms with van der Waals surface area (Å²) in [4.78, 5) is 11.9. The van der Waals surface area contributed by atoms with Crippen LogP contribution in [0.4, 0.5) is 0 Å². The Bertz CT molecular complexity index is 1270. The van der Waals surface area contributed by atoms with Gasteiger partial charge in [0.1, 0.15) is 5.82 Å². The second kappa shape index (κ2) is 6.51. The van der Waals surface area contributed by atoms with E-state index in [1.807, 2.05) is 6.20 Å². The van der Waals surface area contributed by atoms with Crippen LogP contribution in [0.5, 0.6) is 0 Å². The molecule has 2 aliphatic heterocycles. The highest BCUT2D eigenvalue weighted by Gasteiger charge is 2.41. The molecule has 0 radical (unpaired) electrons. The van der Waals surface area contributed by atoms with Gasteiger partial charge in [0.05, 0.1) is 17.1 Å². The number of nitrogens with zero attached hydrogens (tertiary/aromatic N) is 6. The second-order valence-electron chi connectivity index (χ2n) is 8.81. The molecule has 30 heavy (non-hydrogen) atoms. The topological polar surface area (TPSA) is 51.2 Å². The third-order valence-electron chi connectivity index (χ3n) is 7.02. The number of aromatic nitrogens is 5. The van der Waals surface area contributed by atoms with E-state index in [9.17, 15) is 0 Å². The molecule has 6 heteroatoms. The van der Waals surface area contributed by atoms with E-state index in [1.165, 1.54) is 35.4 Å². The number of hydrogen-bond donors (Lipinski definition) is 0. The molecule has 0 amide bonds. The summed E-state index contributed by atoms with van der Waals surface area (Å²) < 4.78 is 4.31. The molecule has 152 valence electrons. The third kappa shape index (κ3) is 2.63. The molecule has 1 saturated heterocycles. The summed E-state index contributed by atoms with van der Waals surface area (Å²) >= 11 is 0. The molecule has 1 aromatic carbocycles. The van der Waals surface area contributed by atoms with Crippen LogP contribution in [-0.2, 0) is 20.0 Å². The predicted molar refractivity (Wildman–Crippen MR) is 116 cm³/mol. The van der Waals surface area contributed by atoms with Crippen molar-refractivity contribution >= 4 is 5.65 Å². The van der Waals surface area contributed by atoms with Crippen LogP contribution >= 0.6 is 0 Å². The van der Waals surface area contributed by atoms with Crippen molar-refractivity contribution in [2.75, 3.05) is 0 Å². The van der Waals surface area contributed by atoms with E-state index in [-0.39, 0.29) is 0 Å². The van der Waals surface area contributed by atoms with Crippen molar-refractivity contribution in [3.63, 3.8) is 0 Å². The van der Waals surface area contributed by atoms with Crippen molar-refractivity contribution in [2.45, 2.75) is 51.7 Å². The van der Waals surface area contributed by atoms with Gasteiger partial charge in [0.15, 0.2) is 5.65 Å². The van der Waals surface area contributed by atoms with E-state index in [1.54, 1.807) is 0 Å². The van der Waals surface area contributed by atoms with Crippen LogP contribution in [0.1, 0.15) is 47.2 Å². The van der Waals surface area contributed by atoms with E-state index in [0.717, 1.165) is 35.7 Å². The SMILES string of the molecule is Cc1cccc(-c2cc3ncc4c(n3n2)CC2CCC4N2Cc2cnc(C)n2C)c1.